The van der Waals surface area contributed by atoms with E-state index in [1.807, 2.05) is 0 Å². The largest absolute Gasteiger partial charge is 2.00 e. The average molecular weight is 424 g/mol. The third-order valence-corrected chi connectivity index (χ3v) is 20.8. The van der Waals surface area contributed by atoms with Gasteiger partial charge in [-0.05, 0) is 0 Å². The molecule has 0 saturated heterocycles. The molecule has 0 nitrogen and oxygen atoms in total. The summed E-state index contributed by atoms with van der Waals surface area (Å²) in [5, 5.41) is 12.1. The van der Waals surface area contributed by atoms with Crippen molar-refractivity contribution in [3.8, 4) is 0 Å². The molecular formula is C16H40Al2Ba. The first-order chi connectivity index (χ1) is 8.49. The summed E-state index contributed by atoms with van der Waals surface area (Å²) in [6.07, 6.45) is 0. The van der Waals surface area contributed by atoms with E-state index in [0.29, 0.717) is 0 Å². The summed E-state index contributed by atoms with van der Waals surface area (Å²) in [6.45, 7) is 19.0. The van der Waals surface area contributed by atoms with E-state index in [-0.39, 0.29) is 48.9 Å². The molecule has 0 aliphatic rings. The van der Waals surface area contributed by atoms with Crippen LogP contribution in [0.1, 0.15) is 55.4 Å². The number of rotatable bonds is 8. The monoisotopic (exact) mass is 424 g/mol. The van der Waals surface area contributed by atoms with Crippen molar-refractivity contribution in [1.82, 2.24) is 0 Å². The van der Waals surface area contributed by atoms with E-state index in [1.54, 1.807) is 0 Å². The van der Waals surface area contributed by atoms with Crippen molar-refractivity contribution in [2.45, 2.75) is 97.7 Å². The molecule has 0 aliphatic heterocycles. The summed E-state index contributed by atoms with van der Waals surface area (Å²) < 4.78 is 0. The third kappa shape index (κ3) is 10.1. The van der Waals surface area contributed by atoms with Crippen molar-refractivity contribution in [2.75, 3.05) is 0 Å². The van der Waals surface area contributed by atoms with Crippen LogP contribution in [0.15, 0.2) is 0 Å². The van der Waals surface area contributed by atoms with Crippen molar-refractivity contribution >= 4 is 75.0 Å². The zero-order valence-corrected chi connectivity index (χ0v) is 22.3. The predicted molar refractivity (Wildman–Crippen MR) is 101 cm³/mol. The van der Waals surface area contributed by atoms with E-state index >= 15 is 0 Å². The van der Waals surface area contributed by atoms with E-state index in [1.165, 1.54) is 42.3 Å². The van der Waals surface area contributed by atoms with Crippen LogP contribution in [-0.2, 0) is 0 Å². The molecule has 0 aromatic rings. The molecule has 3 heteroatoms. The molecule has 0 spiro atoms. The molecule has 0 N–H and O–H groups in total. The molecule has 0 aromatic heterocycles. The first-order valence-corrected chi connectivity index (χ1v) is 15.5. The minimum absolute atomic E-state index is 0. The first kappa shape index (κ1) is 26.5. The second kappa shape index (κ2) is 15.5. The second-order valence-corrected chi connectivity index (χ2v) is 20.2. The van der Waals surface area contributed by atoms with Crippen LogP contribution in [0.5, 0.6) is 0 Å². The Hall–Kier alpha value is 2.64. The fourth-order valence-corrected chi connectivity index (χ4v) is 10.4. The summed E-state index contributed by atoms with van der Waals surface area (Å²) in [6, 6.07) is 0. The quantitative estimate of drug-likeness (QED) is 0.383. The summed E-state index contributed by atoms with van der Waals surface area (Å²) in [5.41, 5.74) is 0. The van der Waals surface area contributed by atoms with Crippen LogP contribution in [0.3, 0.4) is 0 Å². The van der Waals surface area contributed by atoms with Gasteiger partial charge in [-0.3, -0.25) is 0 Å². The van der Waals surface area contributed by atoms with E-state index < -0.39 is 26.2 Å². The van der Waals surface area contributed by atoms with Crippen LogP contribution >= 0.6 is 0 Å². The standard InChI is InChI=1S/8C2H5.2Al.Ba/c8*1-2;;;/h8*1H2,2H3;;;/q;;;;;;;;2*-1;+2. The molecular weight excluding hydrogens is 383 g/mol. The zero-order chi connectivity index (χ0) is 14.7. The summed E-state index contributed by atoms with van der Waals surface area (Å²) in [5.74, 6) is 0. The summed E-state index contributed by atoms with van der Waals surface area (Å²) >= 11 is -1.93. The fourth-order valence-electron chi connectivity index (χ4n) is 3.46. The summed E-state index contributed by atoms with van der Waals surface area (Å²) in [7, 11) is 0. The predicted octanol–water partition coefficient (Wildman–Crippen LogP) is 6.65. The van der Waals surface area contributed by atoms with E-state index in [0.717, 1.165) is 0 Å². The Morgan fingerprint density at radius 2 is 0.474 bits per heavy atom. The van der Waals surface area contributed by atoms with Gasteiger partial charge >= 0.3 is 48.9 Å². The minimum atomic E-state index is -0.963. The molecule has 0 atom stereocenters. The van der Waals surface area contributed by atoms with Gasteiger partial charge in [0.15, 0.2) is 0 Å². The molecule has 0 aromatic carbocycles. The minimum Gasteiger partial charge on any atom is -0.194 e. The van der Waals surface area contributed by atoms with Crippen molar-refractivity contribution in [1.29, 1.82) is 0 Å². The normalized spacial score (nSPS) is 11.4. The Morgan fingerprint density at radius 1 is 0.368 bits per heavy atom. The Morgan fingerprint density at radius 3 is 0.474 bits per heavy atom. The van der Waals surface area contributed by atoms with E-state index in [9.17, 15) is 0 Å². The van der Waals surface area contributed by atoms with Crippen LogP contribution in [0.4, 0.5) is 0 Å². The molecule has 0 heterocycles. The van der Waals surface area contributed by atoms with Crippen LogP contribution < -0.4 is 0 Å². The SMILES string of the molecule is C[CH2][Al-]([CH2]C)([CH2]C)[CH2]C.C[CH2][Al-]([CH2]C)([CH2]C)[CH2]C.[Ba+2]. The molecule has 0 aliphatic carbocycles. The third-order valence-electron chi connectivity index (χ3n) is 6.93. The van der Waals surface area contributed by atoms with Gasteiger partial charge in [-0.2, -0.15) is 42.3 Å². The van der Waals surface area contributed by atoms with Crippen LogP contribution in [0, 0.1) is 0 Å². The molecule has 0 radical (unpaired) electrons. The van der Waals surface area contributed by atoms with Crippen molar-refractivity contribution in [2.24, 2.45) is 0 Å². The van der Waals surface area contributed by atoms with E-state index in [2.05, 4.69) is 55.4 Å². The first-order valence-electron chi connectivity index (χ1n) is 8.92. The average Bonchev–Trinajstić information content (AvgIpc) is 2.46. The molecule has 0 fully saturated rings. The van der Waals surface area contributed by atoms with Crippen molar-refractivity contribution < 1.29 is 0 Å². The van der Waals surface area contributed by atoms with Crippen LogP contribution in [0.2, 0.25) is 42.3 Å². The Balaban J connectivity index is -0.000000256. The maximum Gasteiger partial charge on any atom is 2.00 e. The zero-order valence-electron chi connectivity index (χ0n) is 15.5. The van der Waals surface area contributed by atoms with Gasteiger partial charge in [-0.15, -0.1) is 55.4 Å². The summed E-state index contributed by atoms with van der Waals surface area (Å²) in [4.78, 5) is 0. The van der Waals surface area contributed by atoms with Gasteiger partial charge in [0.05, 0.1) is 0 Å². The Kier molecular flexibility index (Phi) is 21.7. The van der Waals surface area contributed by atoms with Gasteiger partial charge in [-0.25, -0.2) is 0 Å². The Bertz CT molecular complexity index is 121. The van der Waals surface area contributed by atoms with Crippen LogP contribution in [-0.4, -0.2) is 75.0 Å². The smallest absolute Gasteiger partial charge is 0.194 e. The molecule has 0 amide bonds. The van der Waals surface area contributed by atoms with Gasteiger partial charge in [0, 0.05) is 0 Å². The van der Waals surface area contributed by atoms with Crippen LogP contribution in [0.25, 0.3) is 0 Å². The maximum atomic E-state index is 2.38. The number of hydrogen-bond donors (Lipinski definition) is 0. The Labute approximate surface area is 170 Å². The van der Waals surface area contributed by atoms with Gasteiger partial charge in [-0.1, -0.05) is 0 Å². The molecule has 19 heavy (non-hydrogen) atoms. The maximum absolute atomic E-state index is 2.38. The van der Waals surface area contributed by atoms with Gasteiger partial charge in [0.2, 0.25) is 0 Å². The fraction of sp³-hybridized carbons (Fsp3) is 1.00. The molecule has 0 unspecified atom stereocenters. The van der Waals surface area contributed by atoms with Gasteiger partial charge in [0.1, 0.15) is 26.2 Å². The van der Waals surface area contributed by atoms with Crippen molar-refractivity contribution in [3.63, 3.8) is 0 Å². The molecule has 0 bridgehead atoms. The number of hydrogen-bond acceptors (Lipinski definition) is 0. The second-order valence-electron chi connectivity index (χ2n) is 6.73. The topological polar surface area (TPSA) is 0 Å². The molecule has 0 rings (SSSR count). The molecule has 112 valence electrons. The van der Waals surface area contributed by atoms with E-state index in [4.69, 9.17) is 0 Å². The van der Waals surface area contributed by atoms with Gasteiger partial charge in [0.25, 0.3) is 0 Å². The molecule has 0 saturated carbocycles. The van der Waals surface area contributed by atoms with Gasteiger partial charge < -0.3 is 0 Å². The van der Waals surface area contributed by atoms with Crippen molar-refractivity contribution in [3.05, 3.63) is 0 Å².